The van der Waals surface area contributed by atoms with Gasteiger partial charge < -0.3 is 5.32 Å². The Labute approximate surface area is 185 Å². The van der Waals surface area contributed by atoms with Crippen LogP contribution < -0.4 is 5.32 Å². The van der Waals surface area contributed by atoms with Gasteiger partial charge in [0.25, 0.3) is 0 Å². The van der Waals surface area contributed by atoms with E-state index in [2.05, 4.69) is 65.8 Å². The van der Waals surface area contributed by atoms with Crippen LogP contribution in [0.2, 0.25) is 0 Å². The quantitative estimate of drug-likeness (QED) is 0.476. The average Bonchev–Trinajstić information content (AvgIpc) is 3.47. The molecular formula is C24H24N8. The van der Waals surface area contributed by atoms with E-state index < -0.39 is 0 Å². The zero-order chi connectivity index (χ0) is 21.5. The number of nitrogens with zero attached hydrogens (tertiary/aromatic N) is 7. The van der Waals surface area contributed by atoms with E-state index in [4.69, 9.17) is 0 Å². The van der Waals surface area contributed by atoms with Crippen molar-refractivity contribution in [3.63, 3.8) is 0 Å². The van der Waals surface area contributed by atoms with E-state index in [-0.39, 0.29) is 0 Å². The molecule has 0 saturated carbocycles. The third-order valence-corrected chi connectivity index (χ3v) is 6.19. The van der Waals surface area contributed by atoms with Crippen molar-refractivity contribution in [3.05, 3.63) is 72.1 Å². The molecular weight excluding hydrogens is 400 g/mol. The highest BCUT2D eigenvalue weighted by Crippen LogP contribution is 2.26. The molecule has 0 radical (unpaired) electrons. The summed E-state index contributed by atoms with van der Waals surface area (Å²) >= 11 is 0. The molecule has 32 heavy (non-hydrogen) atoms. The van der Waals surface area contributed by atoms with E-state index in [1.807, 2.05) is 36.0 Å². The van der Waals surface area contributed by atoms with Crippen LogP contribution in [-0.2, 0) is 6.42 Å². The molecule has 0 atom stereocenters. The summed E-state index contributed by atoms with van der Waals surface area (Å²) in [7, 11) is 0. The SMILES string of the molecule is Cc1ccc2nnc(Cc3ccc4ncc(-c5cnn(C6CCNCC6)c5)cc4c3)n2n1. The molecule has 5 aromatic rings. The number of hydrogen-bond donors (Lipinski definition) is 1. The van der Waals surface area contributed by atoms with Crippen molar-refractivity contribution in [2.75, 3.05) is 13.1 Å². The van der Waals surface area contributed by atoms with Gasteiger partial charge in [-0.25, -0.2) is 0 Å². The normalized spacial score (nSPS) is 15.0. The minimum atomic E-state index is 0.472. The zero-order valence-electron chi connectivity index (χ0n) is 17.9. The van der Waals surface area contributed by atoms with Gasteiger partial charge >= 0.3 is 0 Å². The lowest BCUT2D eigenvalue weighted by Crippen LogP contribution is -2.29. The van der Waals surface area contributed by atoms with Crippen molar-refractivity contribution in [1.29, 1.82) is 0 Å². The third kappa shape index (κ3) is 3.52. The Kier molecular flexibility index (Phi) is 4.65. The van der Waals surface area contributed by atoms with Crippen LogP contribution in [-0.4, -0.2) is 47.7 Å². The minimum absolute atomic E-state index is 0.472. The minimum Gasteiger partial charge on any atom is -0.317 e. The summed E-state index contributed by atoms with van der Waals surface area (Å²) in [6.45, 7) is 4.08. The first kappa shape index (κ1) is 19.1. The van der Waals surface area contributed by atoms with Crippen LogP contribution in [0.1, 0.15) is 36.0 Å². The van der Waals surface area contributed by atoms with Crippen molar-refractivity contribution in [2.45, 2.75) is 32.2 Å². The van der Waals surface area contributed by atoms with Crippen molar-refractivity contribution in [1.82, 2.24) is 39.9 Å². The number of hydrogen-bond acceptors (Lipinski definition) is 6. The standard InChI is InChI=1S/C24H24N8/c1-16-2-5-23-28-29-24(32(23)30-16)11-17-3-4-22-18(10-17)12-19(13-26-22)20-14-27-31(15-20)21-6-8-25-9-7-21/h2-5,10,12-15,21,25H,6-9,11H2,1H3. The fraction of sp³-hybridized carbons (Fsp3) is 0.292. The molecule has 0 bridgehead atoms. The van der Waals surface area contributed by atoms with Crippen LogP contribution >= 0.6 is 0 Å². The molecule has 8 nitrogen and oxygen atoms in total. The highest BCUT2D eigenvalue weighted by Gasteiger charge is 2.16. The first-order chi connectivity index (χ1) is 15.7. The Morgan fingerprint density at radius 2 is 1.91 bits per heavy atom. The van der Waals surface area contributed by atoms with Crippen LogP contribution in [0.25, 0.3) is 27.7 Å². The third-order valence-electron chi connectivity index (χ3n) is 6.19. The van der Waals surface area contributed by atoms with Gasteiger partial charge in [-0.3, -0.25) is 9.67 Å². The Morgan fingerprint density at radius 3 is 2.81 bits per heavy atom. The van der Waals surface area contributed by atoms with E-state index in [0.717, 1.165) is 70.7 Å². The highest BCUT2D eigenvalue weighted by molar-refractivity contribution is 5.84. The van der Waals surface area contributed by atoms with Crippen LogP contribution in [0.4, 0.5) is 0 Å². The summed E-state index contributed by atoms with van der Waals surface area (Å²) in [4.78, 5) is 4.69. The Balaban J connectivity index is 1.30. The molecule has 4 aromatic heterocycles. The second kappa shape index (κ2) is 7.80. The molecule has 0 amide bonds. The van der Waals surface area contributed by atoms with E-state index in [0.29, 0.717) is 12.5 Å². The number of nitrogens with one attached hydrogen (secondary N) is 1. The zero-order valence-corrected chi connectivity index (χ0v) is 17.9. The van der Waals surface area contributed by atoms with Gasteiger partial charge in [0, 0.05) is 35.3 Å². The number of fused-ring (bicyclic) bond motifs is 2. The van der Waals surface area contributed by atoms with Crippen LogP contribution in [0.5, 0.6) is 0 Å². The van der Waals surface area contributed by atoms with Crippen molar-refractivity contribution < 1.29 is 0 Å². The number of pyridine rings is 1. The first-order valence-corrected chi connectivity index (χ1v) is 11.0. The second-order valence-electron chi connectivity index (χ2n) is 8.48. The molecule has 0 aliphatic carbocycles. The molecule has 8 heteroatoms. The highest BCUT2D eigenvalue weighted by atomic mass is 15.4. The van der Waals surface area contributed by atoms with E-state index in [1.54, 1.807) is 0 Å². The van der Waals surface area contributed by atoms with E-state index in [1.165, 1.54) is 0 Å². The van der Waals surface area contributed by atoms with Crippen molar-refractivity contribution >= 4 is 16.6 Å². The Hall–Kier alpha value is -3.65. The van der Waals surface area contributed by atoms with Gasteiger partial charge in [0.05, 0.1) is 23.4 Å². The van der Waals surface area contributed by atoms with Gasteiger partial charge in [-0.2, -0.15) is 14.7 Å². The average molecular weight is 425 g/mol. The lowest BCUT2D eigenvalue weighted by Gasteiger charge is -2.22. The summed E-state index contributed by atoms with van der Waals surface area (Å²) in [6, 6.07) is 12.9. The molecule has 1 fully saturated rings. The lowest BCUT2D eigenvalue weighted by atomic mass is 10.0. The van der Waals surface area contributed by atoms with Gasteiger partial charge in [0.1, 0.15) is 0 Å². The molecule has 1 aliphatic rings. The number of aromatic nitrogens is 7. The molecule has 1 aromatic carbocycles. The van der Waals surface area contributed by atoms with Crippen LogP contribution in [0.15, 0.2) is 55.0 Å². The molecule has 1 saturated heterocycles. The number of benzene rings is 1. The van der Waals surface area contributed by atoms with Crippen LogP contribution in [0.3, 0.4) is 0 Å². The predicted octanol–water partition coefficient (Wildman–Crippen LogP) is 3.36. The predicted molar refractivity (Wildman–Crippen MR) is 122 cm³/mol. The lowest BCUT2D eigenvalue weighted by molar-refractivity contribution is 0.343. The fourth-order valence-corrected chi connectivity index (χ4v) is 4.42. The molecule has 0 spiro atoms. The van der Waals surface area contributed by atoms with Gasteiger partial charge in [0.15, 0.2) is 11.5 Å². The maximum absolute atomic E-state index is 4.69. The summed E-state index contributed by atoms with van der Waals surface area (Å²) in [5.41, 5.74) is 6.02. The monoisotopic (exact) mass is 424 g/mol. The number of piperidine rings is 1. The van der Waals surface area contributed by atoms with Gasteiger partial charge in [-0.05, 0) is 68.8 Å². The fourth-order valence-electron chi connectivity index (χ4n) is 4.42. The molecule has 6 rings (SSSR count). The topological polar surface area (TPSA) is 85.8 Å². The van der Waals surface area contributed by atoms with Gasteiger partial charge in [-0.15, -0.1) is 10.2 Å². The number of rotatable bonds is 4. The summed E-state index contributed by atoms with van der Waals surface area (Å²) in [5.74, 6) is 0.829. The Bertz CT molecular complexity index is 1410. The summed E-state index contributed by atoms with van der Waals surface area (Å²) < 4.78 is 3.94. The smallest absolute Gasteiger partial charge is 0.177 e. The first-order valence-electron chi connectivity index (χ1n) is 11.0. The van der Waals surface area contributed by atoms with Gasteiger partial charge in [0.2, 0.25) is 0 Å². The van der Waals surface area contributed by atoms with E-state index >= 15 is 0 Å². The second-order valence-corrected chi connectivity index (χ2v) is 8.48. The van der Waals surface area contributed by atoms with Crippen molar-refractivity contribution in [3.8, 4) is 11.1 Å². The van der Waals surface area contributed by atoms with Crippen LogP contribution in [0, 0.1) is 6.92 Å². The summed E-state index contributed by atoms with van der Waals surface area (Å²) in [6.07, 6.45) is 8.93. The molecule has 1 aliphatic heterocycles. The number of aryl methyl sites for hydroxylation is 1. The maximum Gasteiger partial charge on any atom is 0.177 e. The molecule has 5 heterocycles. The van der Waals surface area contributed by atoms with E-state index in [9.17, 15) is 0 Å². The largest absolute Gasteiger partial charge is 0.317 e. The maximum atomic E-state index is 4.69. The summed E-state index contributed by atoms with van der Waals surface area (Å²) in [5, 5.41) is 22.3. The van der Waals surface area contributed by atoms with Gasteiger partial charge in [-0.1, -0.05) is 6.07 Å². The van der Waals surface area contributed by atoms with Crippen molar-refractivity contribution in [2.24, 2.45) is 0 Å². The molecule has 0 unspecified atom stereocenters. The molecule has 1 N–H and O–H groups in total. The Morgan fingerprint density at radius 1 is 1.00 bits per heavy atom. The molecule has 160 valence electrons.